The lowest BCUT2D eigenvalue weighted by molar-refractivity contribution is -0.158. The molecule has 3 fully saturated rings. The van der Waals surface area contributed by atoms with Crippen LogP contribution in [0.5, 0.6) is 0 Å². The Bertz CT molecular complexity index is 878. The number of thioether (sulfide) groups is 2. The van der Waals surface area contributed by atoms with E-state index in [9.17, 15) is 14.7 Å². The molecule has 1 heterocycles. The highest BCUT2D eigenvalue weighted by molar-refractivity contribution is 8.20. The number of Topliss-reactive ketones (excluding diaryl/α,β-unsaturated/α-hetero) is 1. The zero-order chi connectivity index (χ0) is 19.5. The molecule has 3 aliphatic carbocycles. The molecule has 6 heteroatoms. The summed E-state index contributed by atoms with van der Waals surface area (Å²) in [5, 5.41) is 11.2. The summed E-state index contributed by atoms with van der Waals surface area (Å²) in [5.74, 6) is 1.45. The van der Waals surface area contributed by atoms with Gasteiger partial charge in [0.05, 0.1) is 15.4 Å². The van der Waals surface area contributed by atoms with Crippen LogP contribution < -0.4 is 0 Å². The van der Waals surface area contributed by atoms with Crippen molar-refractivity contribution in [3.8, 4) is 0 Å². The first-order valence-electron chi connectivity index (χ1n) is 10.0. The Morgan fingerprint density at radius 2 is 1.82 bits per heavy atom. The lowest BCUT2D eigenvalue weighted by atomic mass is 9.69. The molecule has 2 spiro atoms. The molecule has 0 unspecified atom stereocenters. The van der Waals surface area contributed by atoms with E-state index in [4.69, 9.17) is 4.74 Å². The van der Waals surface area contributed by atoms with E-state index in [0.29, 0.717) is 5.57 Å². The first-order valence-corrected chi connectivity index (χ1v) is 12.0. The van der Waals surface area contributed by atoms with E-state index in [1.54, 1.807) is 0 Å². The van der Waals surface area contributed by atoms with E-state index < -0.39 is 11.5 Å². The van der Waals surface area contributed by atoms with E-state index >= 15 is 0 Å². The van der Waals surface area contributed by atoms with E-state index in [0.717, 1.165) is 54.7 Å². The van der Waals surface area contributed by atoms with Gasteiger partial charge in [0, 0.05) is 29.6 Å². The molecule has 5 rings (SSSR count). The average molecular weight is 417 g/mol. The lowest BCUT2D eigenvalue weighted by Crippen LogP contribution is -2.46. The predicted octanol–water partition coefficient (Wildman–Crippen LogP) is 4.68. The van der Waals surface area contributed by atoms with Crippen LogP contribution in [0, 0.1) is 11.3 Å². The molecule has 28 heavy (non-hydrogen) atoms. The second kappa shape index (κ2) is 6.56. The van der Waals surface area contributed by atoms with E-state index in [2.05, 4.69) is 6.07 Å². The number of fused-ring (bicyclic) bond motifs is 4. The Morgan fingerprint density at radius 1 is 1.14 bits per heavy atom. The number of hydrogen-bond acceptors (Lipinski definition) is 6. The molecule has 2 saturated carbocycles. The molecule has 1 aromatic carbocycles. The number of hydrogen-bond donors (Lipinski definition) is 1. The highest BCUT2D eigenvalue weighted by atomic mass is 32.2. The first-order chi connectivity index (χ1) is 13.5. The van der Waals surface area contributed by atoms with Crippen molar-refractivity contribution in [2.24, 2.45) is 11.3 Å². The summed E-state index contributed by atoms with van der Waals surface area (Å²) in [5.41, 5.74) is 1.65. The van der Waals surface area contributed by atoms with Crippen LogP contribution in [0.15, 0.2) is 29.8 Å². The number of rotatable bonds is 1. The normalized spacial score (nSPS) is 29.8. The minimum Gasteiger partial charge on any atom is -0.507 e. The van der Waals surface area contributed by atoms with Gasteiger partial charge in [0.1, 0.15) is 11.9 Å². The summed E-state index contributed by atoms with van der Waals surface area (Å²) in [7, 11) is 0. The summed E-state index contributed by atoms with van der Waals surface area (Å²) in [6, 6.07) is 7.88. The Labute approximate surface area is 173 Å². The van der Waals surface area contributed by atoms with Crippen molar-refractivity contribution in [1.29, 1.82) is 0 Å². The number of carbonyl (C=O) groups is 2. The number of aliphatic hydroxyl groups excluding tert-OH is 1. The number of benzene rings is 1. The third-order valence-electron chi connectivity index (χ3n) is 6.83. The van der Waals surface area contributed by atoms with Gasteiger partial charge in [-0.15, -0.1) is 23.5 Å². The van der Waals surface area contributed by atoms with Gasteiger partial charge in [0.2, 0.25) is 0 Å². The Morgan fingerprint density at radius 3 is 2.50 bits per heavy atom. The predicted molar refractivity (Wildman–Crippen MR) is 112 cm³/mol. The lowest BCUT2D eigenvalue weighted by Gasteiger charge is -2.44. The summed E-state index contributed by atoms with van der Waals surface area (Å²) in [6.45, 7) is 1.43. The van der Waals surface area contributed by atoms with Crippen LogP contribution in [0.2, 0.25) is 0 Å². The summed E-state index contributed by atoms with van der Waals surface area (Å²) >= 11 is 3.68. The molecule has 4 nitrogen and oxygen atoms in total. The quantitative estimate of drug-likeness (QED) is 0.671. The third-order valence-corrected chi connectivity index (χ3v) is 10.4. The van der Waals surface area contributed by atoms with E-state index in [1.807, 2.05) is 41.7 Å². The van der Waals surface area contributed by atoms with Crippen LogP contribution in [0.4, 0.5) is 0 Å². The van der Waals surface area contributed by atoms with Crippen LogP contribution in [0.3, 0.4) is 0 Å². The number of ketones is 1. The first kappa shape index (κ1) is 18.6. The Kier molecular flexibility index (Phi) is 4.36. The third kappa shape index (κ3) is 2.34. The molecule has 1 saturated heterocycles. The molecule has 0 aromatic heterocycles. The molecule has 0 bridgehead atoms. The fraction of sp³-hybridized carbons (Fsp3) is 0.545. The van der Waals surface area contributed by atoms with Gasteiger partial charge in [-0.1, -0.05) is 43.5 Å². The van der Waals surface area contributed by atoms with Crippen molar-refractivity contribution >= 4 is 41.0 Å². The van der Waals surface area contributed by atoms with Gasteiger partial charge in [-0.25, -0.2) is 0 Å². The second-order valence-electron chi connectivity index (χ2n) is 8.23. The highest BCUT2D eigenvalue weighted by Crippen LogP contribution is 2.69. The molecule has 0 amide bonds. The van der Waals surface area contributed by atoms with Crippen molar-refractivity contribution in [3.05, 3.63) is 41.0 Å². The Balaban J connectivity index is 1.77. The maximum Gasteiger partial charge on any atom is 0.302 e. The Hall–Kier alpha value is -1.40. The molecule has 0 radical (unpaired) electrons. The highest BCUT2D eigenvalue weighted by Gasteiger charge is 2.68. The number of carbonyl (C=O) groups excluding carboxylic acids is 2. The van der Waals surface area contributed by atoms with Crippen LogP contribution in [0.25, 0.3) is 5.76 Å². The molecule has 1 aromatic rings. The number of ether oxygens (including phenoxy) is 1. The van der Waals surface area contributed by atoms with Crippen molar-refractivity contribution in [3.63, 3.8) is 0 Å². The van der Waals surface area contributed by atoms with Gasteiger partial charge in [0.15, 0.2) is 5.78 Å². The van der Waals surface area contributed by atoms with Crippen molar-refractivity contribution < 1.29 is 19.4 Å². The smallest absolute Gasteiger partial charge is 0.302 e. The van der Waals surface area contributed by atoms with Gasteiger partial charge in [-0.2, -0.15) is 0 Å². The standard InChI is InChI=1S/C22H24O4S2/c1-13(23)26-20-17-16(19(25)21(20)9-5-2-6-10-21)18(24)14-7-3-4-8-15(14)22(17)27-11-12-28-22/h3-4,7-8,17,20,24H,2,5-6,9-12H2,1H3/t17-,20+/m1/s1. The van der Waals surface area contributed by atoms with Gasteiger partial charge in [0.25, 0.3) is 0 Å². The van der Waals surface area contributed by atoms with Crippen molar-refractivity contribution in [2.45, 2.75) is 49.2 Å². The topological polar surface area (TPSA) is 63.6 Å². The average Bonchev–Trinajstić information content (AvgIpc) is 3.26. The van der Waals surface area contributed by atoms with Gasteiger partial charge < -0.3 is 9.84 Å². The molecule has 1 aliphatic heterocycles. The molecule has 148 valence electrons. The molecule has 4 aliphatic rings. The van der Waals surface area contributed by atoms with Crippen LogP contribution in [0.1, 0.15) is 50.2 Å². The van der Waals surface area contributed by atoms with Crippen molar-refractivity contribution in [1.82, 2.24) is 0 Å². The number of aliphatic hydroxyl groups is 1. The summed E-state index contributed by atoms with van der Waals surface area (Å²) < 4.78 is 5.58. The molecular weight excluding hydrogens is 392 g/mol. The summed E-state index contributed by atoms with van der Waals surface area (Å²) in [6.07, 6.45) is 4.00. The van der Waals surface area contributed by atoms with Crippen LogP contribution in [-0.2, 0) is 18.4 Å². The van der Waals surface area contributed by atoms with Crippen molar-refractivity contribution in [2.75, 3.05) is 11.5 Å². The van der Waals surface area contributed by atoms with Gasteiger partial charge in [-0.3, -0.25) is 9.59 Å². The van der Waals surface area contributed by atoms with E-state index in [-0.39, 0.29) is 27.5 Å². The maximum atomic E-state index is 13.8. The van der Waals surface area contributed by atoms with E-state index in [1.165, 1.54) is 6.92 Å². The minimum absolute atomic E-state index is 0.0166. The molecular formula is C22H24O4S2. The summed E-state index contributed by atoms with van der Waals surface area (Å²) in [4.78, 5) is 26.0. The minimum atomic E-state index is -0.684. The molecule has 2 atom stereocenters. The number of esters is 1. The largest absolute Gasteiger partial charge is 0.507 e. The fourth-order valence-corrected chi connectivity index (χ4v) is 9.39. The zero-order valence-corrected chi connectivity index (χ0v) is 17.5. The molecule has 1 N–H and O–H groups in total. The zero-order valence-electron chi connectivity index (χ0n) is 15.9. The second-order valence-corrected chi connectivity index (χ2v) is 11.2. The monoisotopic (exact) mass is 416 g/mol. The van der Waals surface area contributed by atoms with Crippen LogP contribution >= 0.6 is 23.5 Å². The fourth-order valence-electron chi connectivity index (χ4n) is 5.78. The van der Waals surface area contributed by atoms with Gasteiger partial charge in [-0.05, 0) is 18.4 Å². The SMILES string of the molecule is CC(=O)O[C@H]1[C@H]2C(=C(O)c3ccccc3C23SCCS3)C(=O)C12CCCCC2. The van der Waals surface area contributed by atoms with Gasteiger partial charge >= 0.3 is 5.97 Å². The maximum absolute atomic E-state index is 13.8. The van der Waals surface area contributed by atoms with Crippen LogP contribution in [-0.4, -0.2) is 34.5 Å².